The molecule has 5 nitrogen and oxygen atoms in total. The molecule has 2 aromatic carbocycles. The summed E-state index contributed by atoms with van der Waals surface area (Å²) in [4.78, 5) is 14.6. The van der Waals surface area contributed by atoms with Crippen molar-refractivity contribution in [1.29, 1.82) is 0 Å². The van der Waals surface area contributed by atoms with Crippen molar-refractivity contribution in [1.82, 2.24) is 10.2 Å². The highest BCUT2D eigenvalue weighted by Crippen LogP contribution is 2.22. The van der Waals surface area contributed by atoms with E-state index in [9.17, 15) is 4.79 Å². The van der Waals surface area contributed by atoms with Crippen LogP contribution in [0.15, 0.2) is 66.7 Å². The Balaban J connectivity index is 1.43. The summed E-state index contributed by atoms with van der Waals surface area (Å²) in [6.45, 7) is 2.12. The number of carbonyl (C=O) groups excluding carboxylic acids is 1. The molecule has 0 spiro atoms. The van der Waals surface area contributed by atoms with E-state index in [-0.39, 0.29) is 5.91 Å². The third kappa shape index (κ3) is 4.36. The van der Waals surface area contributed by atoms with E-state index in [2.05, 4.69) is 26.5 Å². The molecule has 1 N–H and O–H groups in total. The average Bonchev–Trinajstić information content (AvgIpc) is 3.05. The van der Waals surface area contributed by atoms with Gasteiger partial charge in [0, 0.05) is 29.9 Å². The monoisotopic (exact) mass is 372 g/mol. The van der Waals surface area contributed by atoms with Gasteiger partial charge in [0.05, 0.1) is 5.69 Å². The molecule has 0 atom stereocenters. The average molecular weight is 372 g/mol. The predicted octanol–water partition coefficient (Wildman–Crippen LogP) is 4.78. The van der Waals surface area contributed by atoms with Crippen molar-refractivity contribution in [2.45, 2.75) is 25.7 Å². The van der Waals surface area contributed by atoms with Gasteiger partial charge in [-0.15, -0.1) is 10.2 Å². The van der Waals surface area contributed by atoms with Crippen LogP contribution < -0.4 is 10.2 Å². The van der Waals surface area contributed by atoms with Crippen LogP contribution in [0.25, 0.3) is 11.3 Å². The lowest BCUT2D eigenvalue weighted by molar-refractivity contribution is 0.102. The number of hydrogen-bond donors (Lipinski definition) is 1. The van der Waals surface area contributed by atoms with Crippen LogP contribution in [-0.4, -0.2) is 29.2 Å². The van der Waals surface area contributed by atoms with Gasteiger partial charge in [-0.2, -0.15) is 0 Å². The molecule has 1 aromatic heterocycles. The number of nitrogens with one attached hydrogen (secondary N) is 1. The fourth-order valence-electron chi connectivity index (χ4n) is 3.46. The van der Waals surface area contributed by atoms with Gasteiger partial charge in [0.1, 0.15) is 0 Å². The van der Waals surface area contributed by atoms with Gasteiger partial charge in [-0.05, 0) is 49.2 Å². The lowest BCUT2D eigenvalue weighted by Gasteiger charge is -2.20. The number of anilines is 2. The van der Waals surface area contributed by atoms with E-state index in [1.807, 2.05) is 48.5 Å². The summed E-state index contributed by atoms with van der Waals surface area (Å²) < 4.78 is 0. The van der Waals surface area contributed by atoms with Crippen molar-refractivity contribution in [2.75, 3.05) is 23.3 Å². The molecule has 1 saturated heterocycles. The van der Waals surface area contributed by atoms with Crippen molar-refractivity contribution < 1.29 is 4.79 Å². The fraction of sp³-hybridized carbons (Fsp3) is 0.261. The Morgan fingerprint density at radius 3 is 2.14 bits per heavy atom. The third-order valence-corrected chi connectivity index (χ3v) is 5.06. The van der Waals surface area contributed by atoms with E-state index in [1.165, 1.54) is 25.7 Å². The highest BCUT2D eigenvalue weighted by molar-refractivity contribution is 6.04. The van der Waals surface area contributed by atoms with Gasteiger partial charge in [-0.25, -0.2) is 0 Å². The molecular weight excluding hydrogens is 348 g/mol. The molecule has 1 amide bonds. The first-order chi connectivity index (χ1) is 13.8. The molecule has 5 heteroatoms. The van der Waals surface area contributed by atoms with Crippen LogP contribution >= 0.6 is 0 Å². The quantitative estimate of drug-likeness (QED) is 0.716. The molecule has 0 aliphatic carbocycles. The Bertz CT molecular complexity index is 900. The summed E-state index contributed by atoms with van der Waals surface area (Å²) in [6, 6.07) is 21.0. The summed E-state index contributed by atoms with van der Waals surface area (Å²) in [6.07, 6.45) is 5.05. The van der Waals surface area contributed by atoms with Gasteiger partial charge in [0.15, 0.2) is 5.82 Å². The maximum absolute atomic E-state index is 12.2. The van der Waals surface area contributed by atoms with Crippen molar-refractivity contribution in [3.8, 4) is 11.3 Å². The van der Waals surface area contributed by atoms with E-state index in [0.29, 0.717) is 5.56 Å². The fourth-order valence-corrected chi connectivity index (χ4v) is 3.46. The summed E-state index contributed by atoms with van der Waals surface area (Å²) in [5, 5.41) is 11.8. The van der Waals surface area contributed by atoms with E-state index >= 15 is 0 Å². The van der Waals surface area contributed by atoms with Gasteiger partial charge in [-0.3, -0.25) is 4.79 Å². The standard InChI is InChI=1S/C23H24N4O/c28-23(19-8-4-3-5-9-19)24-20-12-10-18(11-13-20)21-14-15-22(26-25-21)27-16-6-1-2-7-17-27/h3-5,8-15H,1-2,6-7,16-17H2,(H,24,28). The molecule has 142 valence electrons. The van der Waals surface area contributed by atoms with Crippen LogP contribution in [-0.2, 0) is 0 Å². The van der Waals surface area contributed by atoms with Crippen LogP contribution in [0.2, 0.25) is 0 Å². The van der Waals surface area contributed by atoms with Crippen molar-refractivity contribution in [3.05, 3.63) is 72.3 Å². The predicted molar refractivity (Wildman–Crippen MR) is 113 cm³/mol. The molecule has 4 rings (SSSR count). The van der Waals surface area contributed by atoms with Crippen molar-refractivity contribution >= 4 is 17.4 Å². The lowest BCUT2D eigenvalue weighted by atomic mass is 10.1. The van der Waals surface area contributed by atoms with E-state index in [4.69, 9.17) is 0 Å². The first-order valence-corrected chi connectivity index (χ1v) is 9.85. The first-order valence-electron chi connectivity index (χ1n) is 9.85. The highest BCUT2D eigenvalue weighted by Gasteiger charge is 2.12. The van der Waals surface area contributed by atoms with E-state index < -0.39 is 0 Å². The lowest BCUT2D eigenvalue weighted by Crippen LogP contribution is -2.25. The van der Waals surface area contributed by atoms with Crippen LogP contribution in [0.4, 0.5) is 11.5 Å². The Labute approximate surface area is 165 Å². The molecule has 1 aliphatic rings. The number of hydrogen-bond acceptors (Lipinski definition) is 4. The van der Waals surface area contributed by atoms with Gasteiger partial charge < -0.3 is 10.2 Å². The summed E-state index contributed by atoms with van der Waals surface area (Å²) >= 11 is 0. The zero-order valence-electron chi connectivity index (χ0n) is 15.8. The van der Waals surface area contributed by atoms with Gasteiger partial charge in [0.2, 0.25) is 0 Å². The molecule has 28 heavy (non-hydrogen) atoms. The van der Waals surface area contributed by atoms with Crippen LogP contribution in [0, 0.1) is 0 Å². The van der Waals surface area contributed by atoms with E-state index in [0.717, 1.165) is 35.9 Å². The maximum Gasteiger partial charge on any atom is 0.255 e. The molecule has 0 unspecified atom stereocenters. The molecular formula is C23H24N4O. The summed E-state index contributed by atoms with van der Waals surface area (Å²) in [5.41, 5.74) is 3.21. The van der Waals surface area contributed by atoms with E-state index in [1.54, 1.807) is 12.1 Å². The summed E-state index contributed by atoms with van der Waals surface area (Å²) in [5.74, 6) is 0.840. The minimum atomic E-state index is -0.116. The van der Waals surface area contributed by atoms with Crippen LogP contribution in [0.1, 0.15) is 36.0 Å². The molecule has 2 heterocycles. The van der Waals surface area contributed by atoms with Gasteiger partial charge >= 0.3 is 0 Å². The molecule has 1 fully saturated rings. The number of aromatic nitrogens is 2. The minimum absolute atomic E-state index is 0.116. The van der Waals surface area contributed by atoms with Gasteiger partial charge in [0.25, 0.3) is 5.91 Å². The van der Waals surface area contributed by atoms with Crippen molar-refractivity contribution in [3.63, 3.8) is 0 Å². The summed E-state index contributed by atoms with van der Waals surface area (Å²) in [7, 11) is 0. The zero-order valence-corrected chi connectivity index (χ0v) is 15.8. The normalized spacial score (nSPS) is 14.4. The second kappa shape index (κ2) is 8.65. The second-order valence-electron chi connectivity index (χ2n) is 7.08. The van der Waals surface area contributed by atoms with Crippen molar-refractivity contribution in [2.24, 2.45) is 0 Å². The molecule has 0 saturated carbocycles. The molecule has 3 aromatic rings. The SMILES string of the molecule is O=C(Nc1ccc(-c2ccc(N3CCCCCC3)nn2)cc1)c1ccccc1. The molecule has 1 aliphatic heterocycles. The Hall–Kier alpha value is -3.21. The largest absolute Gasteiger partial charge is 0.355 e. The number of rotatable bonds is 4. The number of amides is 1. The number of nitrogens with zero attached hydrogens (tertiary/aromatic N) is 3. The van der Waals surface area contributed by atoms with Gasteiger partial charge in [-0.1, -0.05) is 43.2 Å². The Kier molecular flexibility index (Phi) is 5.61. The molecule has 0 bridgehead atoms. The Morgan fingerprint density at radius 1 is 0.786 bits per heavy atom. The maximum atomic E-state index is 12.2. The minimum Gasteiger partial charge on any atom is -0.355 e. The van der Waals surface area contributed by atoms with Crippen LogP contribution in [0.5, 0.6) is 0 Å². The third-order valence-electron chi connectivity index (χ3n) is 5.06. The second-order valence-corrected chi connectivity index (χ2v) is 7.08. The number of carbonyl (C=O) groups is 1. The highest BCUT2D eigenvalue weighted by atomic mass is 16.1. The Morgan fingerprint density at radius 2 is 1.50 bits per heavy atom. The first kappa shape index (κ1) is 18.2. The zero-order chi connectivity index (χ0) is 19.2. The topological polar surface area (TPSA) is 58.1 Å². The molecule has 0 radical (unpaired) electrons. The van der Waals surface area contributed by atoms with Crippen LogP contribution in [0.3, 0.4) is 0 Å². The number of benzene rings is 2. The smallest absolute Gasteiger partial charge is 0.255 e.